The van der Waals surface area contributed by atoms with E-state index in [0.717, 1.165) is 45.4 Å². The topological polar surface area (TPSA) is 59.3 Å². The predicted octanol–water partition coefficient (Wildman–Crippen LogP) is 5.40. The van der Waals surface area contributed by atoms with Crippen molar-refractivity contribution >= 4 is 29.1 Å². The summed E-state index contributed by atoms with van der Waals surface area (Å²) >= 11 is 1.45. The van der Waals surface area contributed by atoms with Crippen molar-refractivity contribution in [2.75, 3.05) is 20.2 Å². The zero-order valence-electron chi connectivity index (χ0n) is 17.4. The molecule has 1 aromatic carbocycles. The molecule has 0 fully saturated rings. The van der Waals surface area contributed by atoms with Gasteiger partial charge in [0.2, 0.25) is 0 Å². The first-order valence-corrected chi connectivity index (χ1v) is 9.96. The van der Waals surface area contributed by atoms with E-state index in [1.165, 1.54) is 11.3 Å². The third-order valence-electron chi connectivity index (χ3n) is 4.08. The summed E-state index contributed by atoms with van der Waals surface area (Å²) < 4.78 is 6.06. The molecule has 0 spiro atoms. The van der Waals surface area contributed by atoms with E-state index in [-0.39, 0.29) is 0 Å². The largest absolute Gasteiger partial charge is 0.431 e. The van der Waals surface area contributed by atoms with Crippen molar-refractivity contribution in [3.63, 3.8) is 0 Å². The van der Waals surface area contributed by atoms with Gasteiger partial charge in [0.1, 0.15) is 12.4 Å². The van der Waals surface area contributed by atoms with E-state index in [0.29, 0.717) is 11.8 Å². The molecule has 0 radical (unpaired) electrons. The number of ether oxygens (including phenoxy) is 1. The van der Waals surface area contributed by atoms with E-state index in [1.54, 1.807) is 6.08 Å². The molecule has 0 saturated heterocycles. The maximum absolute atomic E-state index is 6.06. The molecular formula is C21H28N4O2S. The maximum Gasteiger partial charge on any atom is 0.279 e. The highest BCUT2D eigenvalue weighted by Crippen LogP contribution is 2.34. The Morgan fingerprint density at radius 3 is 2.71 bits per heavy atom. The zero-order chi connectivity index (χ0) is 20.7. The van der Waals surface area contributed by atoms with Crippen molar-refractivity contribution < 1.29 is 9.57 Å². The molecule has 0 saturated carbocycles. The molecule has 1 aromatic heterocycles. The third-order valence-corrected chi connectivity index (χ3v) is 5.23. The lowest BCUT2D eigenvalue weighted by Gasteiger charge is -2.11. The predicted molar refractivity (Wildman–Crippen MR) is 118 cm³/mol. The summed E-state index contributed by atoms with van der Waals surface area (Å²) in [7, 11) is 2.00. The number of oxime groups is 1. The molecule has 2 rings (SSSR count). The van der Waals surface area contributed by atoms with Crippen LogP contribution in [0.3, 0.4) is 0 Å². The lowest BCUT2D eigenvalue weighted by Crippen LogP contribution is -2.14. The highest BCUT2D eigenvalue weighted by molar-refractivity contribution is 7.15. The number of hydrogen-bond acceptors (Lipinski definition) is 6. The molecular weight excluding hydrogens is 372 g/mol. The average Bonchev–Trinajstić information content (AvgIpc) is 3.03. The van der Waals surface area contributed by atoms with Gasteiger partial charge in [0.05, 0.1) is 28.3 Å². The van der Waals surface area contributed by atoms with Crippen molar-refractivity contribution in [1.29, 1.82) is 0 Å². The summed E-state index contributed by atoms with van der Waals surface area (Å²) in [6.45, 7) is 14.8. The van der Waals surface area contributed by atoms with Crippen molar-refractivity contribution in [2.45, 2.75) is 34.6 Å². The van der Waals surface area contributed by atoms with E-state index in [9.17, 15) is 0 Å². The molecule has 7 heteroatoms. The number of rotatable bonds is 9. The van der Waals surface area contributed by atoms with Crippen LogP contribution in [-0.4, -0.2) is 42.1 Å². The highest BCUT2D eigenvalue weighted by Gasteiger charge is 2.14. The van der Waals surface area contributed by atoms with Crippen LogP contribution >= 0.6 is 11.3 Å². The molecule has 28 heavy (non-hydrogen) atoms. The standard InChI is InChI=1S/C21H28N4O2S/c1-8-10-26-24-17(6)20-16(5)23-21(28-20)27-19-12-14(3)18(11-15(19)4)22-13-25(7)9-2/h8,11-13H,1,9-10H2,2-7H3/b22-13+,24-17+. The number of nitrogens with zero attached hydrogens (tertiary/aromatic N) is 4. The number of benzene rings is 1. The summed E-state index contributed by atoms with van der Waals surface area (Å²) in [6.07, 6.45) is 3.50. The summed E-state index contributed by atoms with van der Waals surface area (Å²) in [5, 5.41) is 4.67. The molecule has 0 N–H and O–H groups in total. The van der Waals surface area contributed by atoms with Gasteiger partial charge < -0.3 is 14.5 Å². The maximum atomic E-state index is 6.06. The summed E-state index contributed by atoms with van der Waals surface area (Å²) in [6, 6.07) is 4.03. The van der Waals surface area contributed by atoms with E-state index >= 15 is 0 Å². The van der Waals surface area contributed by atoms with Crippen LogP contribution in [0.25, 0.3) is 0 Å². The molecule has 0 amide bonds. The Labute approximate surface area is 171 Å². The van der Waals surface area contributed by atoms with E-state index < -0.39 is 0 Å². The van der Waals surface area contributed by atoms with E-state index in [4.69, 9.17) is 9.57 Å². The van der Waals surface area contributed by atoms with Crippen molar-refractivity contribution in [3.05, 3.63) is 46.5 Å². The summed E-state index contributed by atoms with van der Waals surface area (Å²) in [5.74, 6) is 0.776. The second-order valence-corrected chi connectivity index (χ2v) is 7.44. The number of aliphatic imine (C=N–C) groups is 1. The smallest absolute Gasteiger partial charge is 0.279 e. The molecule has 0 bridgehead atoms. The minimum absolute atomic E-state index is 0.375. The lowest BCUT2D eigenvalue weighted by atomic mass is 10.1. The van der Waals surface area contributed by atoms with Crippen LogP contribution in [0, 0.1) is 20.8 Å². The molecule has 0 aliphatic heterocycles. The van der Waals surface area contributed by atoms with E-state index in [2.05, 4.69) is 28.6 Å². The van der Waals surface area contributed by atoms with Gasteiger partial charge in [-0.1, -0.05) is 29.1 Å². The molecule has 1 heterocycles. The fourth-order valence-electron chi connectivity index (χ4n) is 2.34. The number of hydrogen-bond donors (Lipinski definition) is 0. The van der Waals surface area contributed by atoms with Gasteiger partial charge in [-0.05, 0) is 57.9 Å². The van der Waals surface area contributed by atoms with Gasteiger partial charge >= 0.3 is 0 Å². The number of aryl methyl sites for hydroxylation is 3. The van der Waals surface area contributed by atoms with Crippen molar-refractivity contribution in [1.82, 2.24) is 9.88 Å². The van der Waals surface area contributed by atoms with Crippen molar-refractivity contribution in [3.8, 4) is 10.9 Å². The van der Waals surface area contributed by atoms with Gasteiger partial charge in [-0.2, -0.15) is 0 Å². The van der Waals surface area contributed by atoms with Crippen LogP contribution in [0.2, 0.25) is 0 Å². The van der Waals surface area contributed by atoms with E-state index in [1.807, 2.05) is 58.1 Å². The van der Waals surface area contributed by atoms with Gasteiger partial charge in [0.15, 0.2) is 0 Å². The molecule has 0 atom stereocenters. The fourth-order valence-corrected chi connectivity index (χ4v) is 3.21. The van der Waals surface area contributed by atoms with Gasteiger partial charge in [0.25, 0.3) is 5.19 Å². The van der Waals surface area contributed by atoms with Crippen LogP contribution in [0.5, 0.6) is 10.9 Å². The SMILES string of the molecule is C=CCO/N=C(\C)c1sc(Oc2cc(C)c(/N=C/N(C)CC)cc2C)nc1C. The normalized spacial score (nSPS) is 11.7. The van der Waals surface area contributed by atoms with Gasteiger partial charge in [0, 0.05) is 13.6 Å². The molecule has 0 aliphatic rings. The average molecular weight is 401 g/mol. The molecule has 0 aliphatic carbocycles. The molecule has 6 nitrogen and oxygen atoms in total. The van der Waals surface area contributed by atoms with Crippen LogP contribution in [0.4, 0.5) is 5.69 Å². The minimum atomic E-state index is 0.375. The molecule has 150 valence electrons. The highest BCUT2D eigenvalue weighted by atomic mass is 32.1. The first-order valence-electron chi connectivity index (χ1n) is 9.14. The van der Waals surface area contributed by atoms with Crippen LogP contribution in [-0.2, 0) is 4.84 Å². The van der Waals surface area contributed by atoms with Gasteiger partial charge in [-0.25, -0.2) is 9.98 Å². The van der Waals surface area contributed by atoms with Crippen molar-refractivity contribution in [2.24, 2.45) is 10.1 Å². The Morgan fingerprint density at radius 2 is 2.04 bits per heavy atom. The van der Waals surface area contributed by atoms with Crippen LogP contribution < -0.4 is 4.74 Å². The summed E-state index contributed by atoms with van der Waals surface area (Å²) in [5.41, 5.74) is 4.62. The Balaban J connectivity index is 2.21. The number of aromatic nitrogens is 1. The zero-order valence-corrected chi connectivity index (χ0v) is 18.3. The monoisotopic (exact) mass is 400 g/mol. The second kappa shape index (κ2) is 10.0. The van der Waals surface area contributed by atoms with Crippen LogP contribution in [0.15, 0.2) is 34.9 Å². The van der Waals surface area contributed by atoms with Gasteiger partial charge in [-0.3, -0.25) is 0 Å². The second-order valence-electron chi connectivity index (χ2n) is 6.48. The van der Waals surface area contributed by atoms with Gasteiger partial charge in [-0.15, -0.1) is 0 Å². The lowest BCUT2D eigenvalue weighted by molar-refractivity contribution is 0.175. The van der Waals surface area contributed by atoms with Crippen LogP contribution in [0.1, 0.15) is 35.5 Å². The fraction of sp³-hybridized carbons (Fsp3) is 0.381. The minimum Gasteiger partial charge on any atom is -0.431 e. The third kappa shape index (κ3) is 5.66. The first kappa shape index (κ1) is 21.6. The Morgan fingerprint density at radius 1 is 1.29 bits per heavy atom. The first-order chi connectivity index (χ1) is 13.3. The molecule has 2 aromatic rings. The molecule has 0 unspecified atom stereocenters. The Kier molecular flexibility index (Phi) is 7.75. The quantitative estimate of drug-likeness (QED) is 0.186. The Bertz CT molecular complexity index is 887. The summed E-state index contributed by atoms with van der Waals surface area (Å²) in [4.78, 5) is 17.2. The Hall–Kier alpha value is -2.67. The number of thiazole rings is 1.